The van der Waals surface area contributed by atoms with Crippen LogP contribution in [0.5, 0.6) is 0 Å². The van der Waals surface area contributed by atoms with Gasteiger partial charge in [0, 0.05) is 0 Å². The Morgan fingerprint density at radius 3 is 2.50 bits per heavy atom. The van der Waals surface area contributed by atoms with Gasteiger partial charge in [0.25, 0.3) is 0 Å². The zero-order valence-electron chi connectivity index (χ0n) is 5.61. The Balaban J connectivity index is 2.82. The molecule has 0 spiro atoms. The van der Waals surface area contributed by atoms with Crippen LogP contribution in [0.15, 0.2) is 5.57 Å². The van der Waals surface area contributed by atoms with E-state index in [1.165, 1.54) is 12.8 Å². The highest BCUT2D eigenvalue weighted by molar-refractivity contribution is 4.83. The molecule has 0 aliphatic carbocycles. The summed E-state index contributed by atoms with van der Waals surface area (Å²) in [5, 5.41) is 0. The molecule has 0 amide bonds. The minimum Gasteiger partial charge on any atom is -0.0733 e. The highest BCUT2D eigenvalue weighted by atomic mass is 13.9. The van der Waals surface area contributed by atoms with Gasteiger partial charge in [0.15, 0.2) is 0 Å². The molecule has 0 bridgehead atoms. The monoisotopic (exact) mass is 110 g/mol. The molecule has 0 rings (SSSR count). The maximum atomic E-state index is 5.43. The van der Waals surface area contributed by atoms with Gasteiger partial charge >= 0.3 is 0 Å². The maximum absolute atomic E-state index is 5.43. The normalized spacial score (nSPS) is 9.25. The lowest BCUT2D eigenvalue weighted by Gasteiger charge is -1.94. The second-order valence-electron chi connectivity index (χ2n) is 2.16. The van der Waals surface area contributed by atoms with Crippen LogP contribution in [0.25, 0.3) is 0 Å². The molecule has 0 aliphatic heterocycles. The van der Waals surface area contributed by atoms with Gasteiger partial charge in [-0.15, -0.1) is 0 Å². The second kappa shape index (κ2) is 4.89. The van der Waals surface area contributed by atoms with E-state index in [9.17, 15) is 0 Å². The molecule has 0 heterocycles. The molecule has 0 aliphatic rings. The molecule has 0 N–H and O–H groups in total. The highest BCUT2D eigenvalue weighted by Crippen LogP contribution is 2.04. The fraction of sp³-hybridized carbons (Fsp3) is 0.625. The van der Waals surface area contributed by atoms with E-state index < -0.39 is 0 Å². The van der Waals surface area contributed by atoms with Crippen LogP contribution in [0.4, 0.5) is 0 Å². The molecule has 0 fully saturated rings. The summed E-state index contributed by atoms with van der Waals surface area (Å²) in [6.45, 7) is 11.1. The van der Waals surface area contributed by atoms with Crippen molar-refractivity contribution in [3.63, 3.8) is 0 Å². The van der Waals surface area contributed by atoms with Crippen molar-refractivity contribution in [3.05, 3.63) is 19.1 Å². The van der Waals surface area contributed by atoms with E-state index in [-0.39, 0.29) is 0 Å². The van der Waals surface area contributed by atoms with Gasteiger partial charge in [0.1, 0.15) is 0 Å². The average molecular weight is 110 g/mol. The molecule has 0 saturated carbocycles. The van der Waals surface area contributed by atoms with Crippen LogP contribution in [0, 0.1) is 13.5 Å². The Kier molecular flexibility index (Phi) is 4.73. The van der Waals surface area contributed by atoms with Gasteiger partial charge in [0.05, 0.1) is 0 Å². The SMILES string of the molecule is [CH]=C(C)CCCC[CH2]. The predicted octanol–water partition coefficient (Wildman–Crippen LogP) is 2.76. The number of rotatable bonds is 4. The van der Waals surface area contributed by atoms with Crippen LogP contribution in [0.2, 0.25) is 0 Å². The lowest BCUT2D eigenvalue weighted by atomic mass is 10.1. The van der Waals surface area contributed by atoms with Gasteiger partial charge in [0.2, 0.25) is 0 Å². The molecular formula is C8H14. The molecule has 0 heteroatoms. The summed E-state index contributed by atoms with van der Waals surface area (Å²) in [5.41, 5.74) is 1.04. The first-order valence-electron chi connectivity index (χ1n) is 3.14. The van der Waals surface area contributed by atoms with E-state index >= 15 is 0 Å². The third kappa shape index (κ3) is 5.74. The van der Waals surface area contributed by atoms with Gasteiger partial charge in [-0.2, -0.15) is 0 Å². The summed E-state index contributed by atoms with van der Waals surface area (Å²) in [6, 6.07) is 0. The molecule has 0 aromatic rings. The third-order valence-electron chi connectivity index (χ3n) is 1.07. The van der Waals surface area contributed by atoms with Crippen molar-refractivity contribution >= 4 is 0 Å². The lowest BCUT2D eigenvalue weighted by molar-refractivity contribution is 0.741. The molecule has 0 unspecified atom stereocenters. The number of allylic oxidation sites excluding steroid dienone is 1. The Hall–Kier alpha value is -0.260. The predicted molar refractivity (Wildman–Crippen MR) is 37.3 cm³/mol. The van der Waals surface area contributed by atoms with Crippen molar-refractivity contribution in [3.8, 4) is 0 Å². The average Bonchev–Trinajstić information content (AvgIpc) is 1.66. The maximum Gasteiger partial charge on any atom is -0.0320 e. The minimum absolute atomic E-state index is 1.04. The molecule has 0 aromatic heterocycles. The van der Waals surface area contributed by atoms with Crippen molar-refractivity contribution in [2.24, 2.45) is 0 Å². The summed E-state index contributed by atoms with van der Waals surface area (Å²) in [7, 11) is 0. The largest absolute Gasteiger partial charge is 0.0733 e. The topological polar surface area (TPSA) is 0 Å². The first kappa shape index (κ1) is 7.74. The smallest absolute Gasteiger partial charge is 0.0320 e. The molecular weight excluding hydrogens is 96.1 g/mol. The van der Waals surface area contributed by atoms with E-state index in [1.807, 2.05) is 6.92 Å². The van der Waals surface area contributed by atoms with Crippen LogP contribution >= 0.6 is 0 Å². The molecule has 0 saturated heterocycles. The lowest BCUT2D eigenvalue weighted by Crippen LogP contribution is -1.75. The fourth-order valence-electron chi connectivity index (χ4n) is 0.581. The first-order chi connectivity index (χ1) is 3.77. The number of hydrogen-bond donors (Lipinski definition) is 0. The van der Waals surface area contributed by atoms with Crippen molar-refractivity contribution in [1.29, 1.82) is 0 Å². The van der Waals surface area contributed by atoms with E-state index in [0.717, 1.165) is 18.4 Å². The van der Waals surface area contributed by atoms with Crippen molar-refractivity contribution < 1.29 is 0 Å². The minimum atomic E-state index is 1.04. The molecule has 8 heavy (non-hydrogen) atoms. The molecule has 0 nitrogen and oxygen atoms in total. The first-order valence-corrected chi connectivity index (χ1v) is 3.14. The summed E-state index contributed by atoms with van der Waals surface area (Å²) in [4.78, 5) is 0. The van der Waals surface area contributed by atoms with E-state index in [1.54, 1.807) is 0 Å². The van der Waals surface area contributed by atoms with Gasteiger partial charge < -0.3 is 0 Å². The zero-order chi connectivity index (χ0) is 6.41. The summed E-state index contributed by atoms with van der Waals surface area (Å²) in [5.74, 6) is 0. The summed E-state index contributed by atoms with van der Waals surface area (Å²) >= 11 is 0. The Labute approximate surface area is 52.6 Å². The van der Waals surface area contributed by atoms with Gasteiger partial charge in [-0.3, -0.25) is 0 Å². The van der Waals surface area contributed by atoms with Crippen LogP contribution in [0.1, 0.15) is 32.6 Å². The van der Waals surface area contributed by atoms with Crippen LogP contribution < -0.4 is 0 Å². The van der Waals surface area contributed by atoms with Gasteiger partial charge in [-0.1, -0.05) is 31.9 Å². The van der Waals surface area contributed by atoms with Crippen LogP contribution in [-0.2, 0) is 0 Å². The van der Waals surface area contributed by atoms with Gasteiger partial charge in [-0.25, -0.2) is 0 Å². The standard InChI is InChI=1S/C8H14/c1-4-5-6-7-8(2)3/h2H,1,4-7H2,3H3. The highest BCUT2D eigenvalue weighted by Gasteiger charge is 1.84. The van der Waals surface area contributed by atoms with Gasteiger partial charge in [-0.05, 0) is 19.8 Å². The Morgan fingerprint density at radius 2 is 2.12 bits per heavy atom. The fourth-order valence-corrected chi connectivity index (χ4v) is 0.581. The van der Waals surface area contributed by atoms with E-state index in [2.05, 4.69) is 6.92 Å². The number of hydrogen-bond acceptors (Lipinski definition) is 0. The second-order valence-corrected chi connectivity index (χ2v) is 2.16. The summed E-state index contributed by atoms with van der Waals surface area (Å²) in [6.07, 6.45) is 4.50. The number of unbranched alkanes of at least 4 members (excludes halogenated alkanes) is 2. The van der Waals surface area contributed by atoms with Crippen molar-refractivity contribution in [1.82, 2.24) is 0 Å². The zero-order valence-corrected chi connectivity index (χ0v) is 5.61. The van der Waals surface area contributed by atoms with E-state index in [4.69, 9.17) is 6.58 Å². The van der Waals surface area contributed by atoms with Crippen LogP contribution in [-0.4, -0.2) is 0 Å². The van der Waals surface area contributed by atoms with Crippen molar-refractivity contribution in [2.45, 2.75) is 32.6 Å². The van der Waals surface area contributed by atoms with E-state index in [0.29, 0.717) is 0 Å². The quantitative estimate of drug-likeness (QED) is 0.488. The molecule has 46 valence electrons. The van der Waals surface area contributed by atoms with Crippen LogP contribution in [0.3, 0.4) is 0 Å². The molecule has 0 aromatic carbocycles. The third-order valence-corrected chi connectivity index (χ3v) is 1.07. The molecule has 0 atom stereocenters. The summed E-state index contributed by atoms with van der Waals surface area (Å²) < 4.78 is 0. The van der Waals surface area contributed by atoms with Crippen molar-refractivity contribution in [2.75, 3.05) is 0 Å². The molecule has 2 radical (unpaired) electrons. The Bertz CT molecular complexity index is 62.4. The Morgan fingerprint density at radius 1 is 1.50 bits per heavy atom.